The van der Waals surface area contributed by atoms with E-state index < -0.39 is 12.6 Å². The van der Waals surface area contributed by atoms with Crippen LogP contribution in [0.5, 0.6) is 5.75 Å². The molecule has 0 fully saturated rings. The highest BCUT2D eigenvalue weighted by Crippen LogP contribution is 2.38. The van der Waals surface area contributed by atoms with Crippen molar-refractivity contribution in [2.45, 2.75) is 6.92 Å². The minimum absolute atomic E-state index is 0.229. The molecule has 0 unspecified atom stereocenters. The highest BCUT2D eigenvalue weighted by molar-refractivity contribution is 6.48. The number of benzene rings is 1. The molecule has 82 valence electrons. The minimum Gasteiger partial charge on any atom is -0.482 e. The van der Waals surface area contributed by atoms with Gasteiger partial charge >= 0.3 is 5.97 Å². The third-order valence-electron chi connectivity index (χ3n) is 1.71. The average Bonchev–Trinajstić information content (AvgIpc) is 2.18. The Morgan fingerprint density at radius 2 is 2.00 bits per heavy atom. The van der Waals surface area contributed by atoms with Crippen molar-refractivity contribution in [1.82, 2.24) is 0 Å². The molecule has 0 aliphatic heterocycles. The Balaban J connectivity index is 3.04. The van der Waals surface area contributed by atoms with Gasteiger partial charge in [-0.3, -0.25) is 0 Å². The molecular weight excluding hydrogens is 262 g/mol. The van der Waals surface area contributed by atoms with Crippen LogP contribution >= 0.6 is 34.8 Å². The maximum absolute atomic E-state index is 10.3. The lowest BCUT2D eigenvalue weighted by atomic mass is 10.2. The SMILES string of the molecule is Cc1c(OCC(=O)O)cc(Cl)c(Cl)c1Cl. The zero-order chi connectivity index (χ0) is 11.6. The van der Waals surface area contributed by atoms with Crippen molar-refractivity contribution in [1.29, 1.82) is 0 Å². The van der Waals surface area contributed by atoms with Crippen LogP contribution in [-0.2, 0) is 4.79 Å². The Hall–Kier alpha value is -0.640. The summed E-state index contributed by atoms with van der Waals surface area (Å²) in [5, 5.41) is 9.17. The summed E-state index contributed by atoms with van der Waals surface area (Å²) >= 11 is 17.4. The second kappa shape index (κ2) is 4.92. The number of aliphatic carboxylic acids is 1. The van der Waals surface area contributed by atoms with Gasteiger partial charge in [0.05, 0.1) is 15.1 Å². The second-order valence-electron chi connectivity index (χ2n) is 2.79. The van der Waals surface area contributed by atoms with Gasteiger partial charge < -0.3 is 9.84 Å². The molecule has 0 heterocycles. The highest BCUT2D eigenvalue weighted by Gasteiger charge is 2.13. The van der Waals surface area contributed by atoms with Crippen LogP contribution in [0.1, 0.15) is 5.56 Å². The molecule has 1 aromatic carbocycles. The molecule has 0 bridgehead atoms. The van der Waals surface area contributed by atoms with Gasteiger partial charge in [0.25, 0.3) is 0 Å². The number of halogens is 3. The summed E-state index contributed by atoms with van der Waals surface area (Å²) in [6.45, 7) is 1.22. The molecule has 6 heteroatoms. The summed E-state index contributed by atoms with van der Waals surface area (Å²) in [7, 11) is 0. The summed E-state index contributed by atoms with van der Waals surface area (Å²) in [5.74, 6) is -0.756. The van der Waals surface area contributed by atoms with Crippen LogP contribution in [0.2, 0.25) is 15.1 Å². The second-order valence-corrected chi connectivity index (χ2v) is 3.96. The Morgan fingerprint density at radius 3 is 2.53 bits per heavy atom. The van der Waals surface area contributed by atoms with Gasteiger partial charge in [-0.15, -0.1) is 0 Å². The molecule has 1 aromatic rings. The lowest BCUT2D eigenvalue weighted by Gasteiger charge is -2.10. The van der Waals surface area contributed by atoms with Crippen LogP contribution in [-0.4, -0.2) is 17.7 Å². The van der Waals surface area contributed by atoms with Gasteiger partial charge in [-0.05, 0) is 6.92 Å². The molecule has 3 nitrogen and oxygen atoms in total. The Bertz CT molecular complexity index is 404. The first-order valence-electron chi connectivity index (χ1n) is 3.92. The molecule has 0 amide bonds. The van der Waals surface area contributed by atoms with Gasteiger partial charge in [0, 0.05) is 11.6 Å². The fourth-order valence-electron chi connectivity index (χ4n) is 0.954. The maximum Gasteiger partial charge on any atom is 0.341 e. The molecular formula is C9H7Cl3O3. The van der Waals surface area contributed by atoms with Crippen LogP contribution in [0, 0.1) is 6.92 Å². The summed E-state index contributed by atoms with van der Waals surface area (Å²) < 4.78 is 4.99. The van der Waals surface area contributed by atoms with E-state index >= 15 is 0 Å². The molecule has 0 aliphatic carbocycles. The summed E-state index contributed by atoms with van der Waals surface area (Å²) in [5.41, 5.74) is 0.562. The normalized spacial score (nSPS) is 10.1. The van der Waals surface area contributed by atoms with Crippen molar-refractivity contribution in [2.75, 3.05) is 6.61 Å². The largest absolute Gasteiger partial charge is 0.482 e. The van der Waals surface area contributed by atoms with Crippen molar-refractivity contribution in [3.63, 3.8) is 0 Å². The number of rotatable bonds is 3. The van der Waals surface area contributed by atoms with E-state index in [0.29, 0.717) is 11.3 Å². The van der Waals surface area contributed by atoms with Gasteiger partial charge in [-0.2, -0.15) is 0 Å². The number of carboxylic acids is 1. The van der Waals surface area contributed by atoms with Crippen molar-refractivity contribution in [2.24, 2.45) is 0 Å². The zero-order valence-corrected chi connectivity index (χ0v) is 9.95. The molecule has 1 rings (SSSR count). The van der Waals surface area contributed by atoms with Gasteiger partial charge in [0.2, 0.25) is 0 Å². The third kappa shape index (κ3) is 2.91. The van der Waals surface area contributed by atoms with Crippen LogP contribution in [0.15, 0.2) is 6.07 Å². The molecule has 0 aliphatic rings. The van der Waals surface area contributed by atoms with Crippen LogP contribution in [0.4, 0.5) is 0 Å². The van der Waals surface area contributed by atoms with Crippen molar-refractivity contribution < 1.29 is 14.6 Å². The Kier molecular flexibility index (Phi) is 4.08. The molecule has 0 spiro atoms. The molecule has 15 heavy (non-hydrogen) atoms. The maximum atomic E-state index is 10.3. The first kappa shape index (κ1) is 12.4. The zero-order valence-electron chi connectivity index (χ0n) is 7.68. The van der Waals surface area contributed by atoms with Gasteiger partial charge in [-0.1, -0.05) is 34.8 Å². The van der Waals surface area contributed by atoms with Crippen LogP contribution in [0.3, 0.4) is 0 Å². The summed E-state index contributed by atoms with van der Waals surface area (Å²) in [6.07, 6.45) is 0. The molecule has 0 saturated heterocycles. The average molecular weight is 270 g/mol. The van der Waals surface area contributed by atoms with E-state index in [-0.39, 0.29) is 15.1 Å². The third-order valence-corrected chi connectivity index (χ3v) is 3.07. The molecule has 1 N–H and O–H groups in total. The number of carboxylic acid groups (broad SMARTS) is 1. The van der Waals surface area contributed by atoms with E-state index in [1.165, 1.54) is 6.07 Å². The Morgan fingerprint density at radius 1 is 1.40 bits per heavy atom. The van der Waals surface area contributed by atoms with Crippen LogP contribution in [0.25, 0.3) is 0 Å². The summed E-state index contributed by atoms with van der Waals surface area (Å²) in [6, 6.07) is 1.44. The van der Waals surface area contributed by atoms with Crippen molar-refractivity contribution in [3.8, 4) is 5.75 Å². The standard InChI is InChI=1S/C9H7Cl3O3/c1-4-6(15-3-7(13)14)2-5(10)9(12)8(4)11/h2H,3H2,1H3,(H,13,14). The fourth-order valence-corrected chi connectivity index (χ4v) is 1.59. The predicted molar refractivity (Wildman–Crippen MR) is 59.3 cm³/mol. The van der Waals surface area contributed by atoms with Crippen molar-refractivity contribution in [3.05, 3.63) is 26.7 Å². The first-order chi connectivity index (χ1) is 6.93. The Labute approximate surface area is 102 Å². The summed E-state index contributed by atoms with van der Waals surface area (Å²) in [4.78, 5) is 10.3. The predicted octanol–water partition coefficient (Wildman–Crippen LogP) is 3.42. The first-order valence-corrected chi connectivity index (χ1v) is 5.05. The van der Waals surface area contributed by atoms with Gasteiger partial charge in [-0.25, -0.2) is 4.79 Å². The molecule has 0 atom stereocenters. The molecule has 0 saturated carbocycles. The fraction of sp³-hybridized carbons (Fsp3) is 0.222. The highest BCUT2D eigenvalue weighted by atomic mass is 35.5. The smallest absolute Gasteiger partial charge is 0.341 e. The van der Waals surface area contributed by atoms with E-state index in [1.54, 1.807) is 6.92 Å². The lowest BCUT2D eigenvalue weighted by Crippen LogP contribution is -2.10. The van der Waals surface area contributed by atoms with E-state index in [4.69, 9.17) is 44.6 Å². The van der Waals surface area contributed by atoms with E-state index in [9.17, 15) is 4.79 Å². The van der Waals surface area contributed by atoms with Crippen LogP contribution < -0.4 is 4.74 Å². The minimum atomic E-state index is -1.07. The molecule has 0 aromatic heterocycles. The quantitative estimate of drug-likeness (QED) is 0.855. The number of carbonyl (C=O) groups is 1. The van der Waals surface area contributed by atoms with Crippen molar-refractivity contribution >= 4 is 40.8 Å². The van der Waals surface area contributed by atoms with E-state index in [0.717, 1.165) is 0 Å². The lowest BCUT2D eigenvalue weighted by molar-refractivity contribution is -0.139. The number of hydrogen-bond donors (Lipinski definition) is 1. The monoisotopic (exact) mass is 268 g/mol. The topological polar surface area (TPSA) is 46.5 Å². The molecule has 0 radical (unpaired) electrons. The van der Waals surface area contributed by atoms with Gasteiger partial charge in [0.1, 0.15) is 5.75 Å². The van der Waals surface area contributed by atoms with E-state index in [2.05, 4.69) is 0 Å². The number of ether oxygens (including phenoxy) is 1. The van der Waals surface area contributed by atoms with Gasteiger partial charge in [0.15, 0.2) is 6.61 Å². The number of hydrogen-bond acceptors (Lipinski definition) is 2. The van der Waals surface area contributed by atoms with E-state index in [1.807, 2.05) is 0 Å².